The number of nitrogens with zero attached hydrogens (tertiary/aromatic N) is 2. The van der Waals surface area contributed by atoms with Crippen molar-refractivity contribution in [3.05, 3.63) is 54.6 Å². The number of nitrogens with one attached hydrogen (secondary N) is 1. The fraction of sp³-hybridized carbons (Fsp3) is 0.548. The molecule has 0 radical (unpaired) electrons. The van der Waals surface area contributed by atoms with Gasteiger partial charge in [-0.3, -0.25) is 19.2 Å². The highest BCUT2D eigenvalue weighted by Gasteiger charge is 2.75. The first-order valence-electron chi connectivity index (χ1n) is 14.5. The van der Waals surface area contributed by atoms with E-state index in [0.29, 0.717) is 49.2 Å². The van der Waals surface area contributed by atoms with Crippen LogP contribution in [0.1, 0.15) is 45.4 Å². The summed E-state index contributed by atoms with van der Waals surface area (Å²) < 4.78 is 12.2. The van der Waals surface area contributed by atoms with Crippen LogP contribution in [0.2, 0.25) is 5.02 Å². The molecule has 0 saturated carbocycles. The number of carbonyl (C=O) groups is 4. The molecule has 0 unspecified atom stereocenters. The smallest absolute Gasteiger partial charge is 0.312 e. The maximum absolute atomic E-state index is 14.4. The number of ether oxygens (including phenoxy) is 2. The number of carbonyl (C=O) groups excluding carboxylic acids is 4. The second-order valence-electron chi connectivity index (χ2n) is 11.1. The fourth-order valence-corrected chi connectivity index (χ4v) is 6.58. The average molecular weight is 602 g/mol. The molecule has 3 heterocycles. The molecule has 0 aromatic heterocycles. The van der Waals surface area contributed by atoms with Gasteiger partial charge in [0.1, 0.15) is 17.7 Å². The first-order valence-corrected chi connectivity index (χ1v) is 14.9. The predicted molar refractivity (Wildman–Crippen MR) is 158 cm³/mol. The summed E-state index contributed by atoms with van der Waals surface area (Å²) in [7, 11) is 0. The summed E-state index contributed by atoms with van der Waals surface area (Å²) in [5.74, 6) is -3.14. The average Bonchev–Trinajstić information content (AvgIpc) is 3.61. The Labute approximate surface area is 251 Å². The van der Waals surface area contributed by atoms with Crippen LogP contribution in [0, 0.1) is 11.8 Å². The van der Waals surface area contributed by atoms with Crippen molar-refractivity contribution >= 4 is 41.0 Å². The van der Waals surface area contributed by atoms with Gasteiger partial charge in [-0.25, -0.2) is 0 Å². The van der Waals surface area contributed by atoms with Gasteiger partial charge in [0.05, 0.1) is 24.5 Å². The van der Waals surface area contributed by atoms with Gasteiger partial charge in [0.25, 0.3) is 5.91 Å². The summed E-state index contributed by atoms with van der Waals surface area (Å²) in [6, 6.07) is 5.88. The molecular weight excluding hydrogens is 562 g/mol. The Morgan fingerprint density at radius 1 is 1.26 bits per heavy atom. The summed E-state index contributed by atoms with van der Waals surface area (Å²) in [5.41, 5.74) is -0.588. The van der Waals surface area contributed by atoms with Crippen LogP contribution in [0.25, 0.3) is 0 Å². The number of aliphatic hydroxyl groups is 1. The number of halogens is 1. The molecule has 42 heavy (non-hydrogen) atoms. The van der Waals surface area contributed by atoms with Crippen molar-refractivity contribution in [2.45, 2.75) is 69.3 Å². The van der Waals surface area contributed by atoms with Crippen molar-refractivity contribution in [1.29, 1.82) is 0 Å². The fourth-order valence-electron chi connectivity index (χ4n) is 6.45. The van der Waals surface area contributed by atoms with Crippen LogP contribution in [0.5, 0.6) is 0 Å². The van der Waals surface area contributed by atoms with E-state index in [4.69, 9.17) is 21.1 Å². The lowest BCUT2D eigenvalue weighted by molar-refractivity contribution is -0.159. The maximum Gasteiger partial charge on any atom is 0.312 e. The molecule has 1 aromatic carbocycles. The van der Waals surface area contributed by atoms with Gasteiger partial charge in [-0.1, -0.05) is 23.8 Å². The number of hydrogen-bond acceptors (Lipinski definition) is 7. The summed E-state index contributed by atoms with van der Waals surface area (Å²) in [4.78, 5) is 57.0. The molecule has 3 saturated heterocycles. The maximum atomic E-state index is 14.4. The van der Waals surface area contributed by atoms with Crippen molar-refractivity contribution < 1.29 is 33.8 Å². The normalized spacial score (nSPS) is 26.5. The van der Waals surface area contributed by atoms with Crippen molar-refractivity contribution in [2.24, 2.45) is 11.8 Å². The lowest BCUT2D eigenvalue weighted by Crippen LogP contribution is -2.56. The molecular formula is C31H40ClN3O7. The van der Waals surface area contributed by atoms with Crippen molar-refractivity contribution in [1.82, 2.24) is 10.2 Å². The summed E-state index contributed by atoms with van der Waals surface area (Å²) >= 11 is 6.09. The number of benzene rings is 1. The predicted octanol–water partition coefficient (Wildman–Crippen LogP) is 3.02. The lowest BCUT2D eigenvalue weighted by atomic mass is 9.70. The molecule has 11 heteroatoms. The Hall–Kier alpha value is -3.21. The molecule has 3 amide bonds. The Morgan fingerprint density at radius 2 is 2.00 bits per heavy atom. The van der Waals surface area contributed by atoms with Gasteiger partial charge >= 0.3 is 5.97 Å². The molecule has 3 fully saturated rings. The summed E-state index contributed by atoms with van der Waals surface area (Å²) in [6.45, 7) is 9.62. The molecule has 1 spiro atoms. The van der Waals surface area contributed by atoms with E-state index in [9.17, 15) is 24.3 Å². The highest BCUT2D eigenvalue weighted by molar-refractivity contribution is 6.30. The number of hydrogen-bond donors (Lipinski definition) is 2. The van der Waals surface area contributed by atoms with Gasteiger partial charge in [0.2, 0.25) is 11.8 Å². The third-order valence-corrected chi connectivity index (χ3v) is 8.56. The van der Waals surface area contributed by atoms with Gasteiger partial charge in [-0.2, -0.15) is 0 Å². The standard InChI is InChI=1S/C31H40ClN3O7/c1-4-6-9-24(37)33-19-20(3)41-30(40)25-23-14-15-31(42-23)26(25)28(38)35(17-7-8-18-36)27(31)29(39)34(16-5-2)22-12-10-21(32)11-13-22/h4-5,10-13,20,23,25-27,36H,1-2,6-9,14-19H2,3H3,(H,33,37)/t20-,23-,25+,26+,27-,31+/m1/s1. The molecule has 2 bridgehead atoms. The molecule has 2 N–H and O–H groups in total. The van der Waals surface area contributed by atoms with Crippen LogP contribution in [0.4, 0.5) is 5.69 Å². The molecule has 0 aliphatic carbocycles. The monoisotopic (exact) mass is 601 g/mol. The van der Waals surface area contributed by atoms with E-state index in [0.717, 1.165) is 0 Å². The zero-order chi connectivity index (χ0) is 30.4. The van der Waals surface area contributed by atoms with E-state index < -0.39 is 41.7 Å². The van der Waals surface area contributed by atoms with Crippen LogP contribution >= 0.6 is 11.6 Å². The summed E-state index contributed by atoms with van der Waals surface area (Å²) in [5, 5.41) is 12.6. The van der Waals surface area contributed by atoms with Gasteiger partial charge in [-0.05, 0) is 63.3 Å². The Morgan fingerprint density at radius 3 is 2.67 bits per heavy atom. The number of rotatable bonds is 15. The molecule has 3 aliphatic rings. The first kappa shape index (κ1) is 31.7. The molecule has 10 nitrogen and oxygen atoms in total. The van der Waals surface area contributed by atoms with Crippen molar-refractivity contribution in [2.75, 3.05) is 31.1 Å². The van der Waals surface area contributed by atoms with Crippen LogP contribution < -0.4 is 10.2 Å². The van der Waals surface area contributed by atoms with E-state index in [1.807, 2.05) is 0 Å². The quantitative estimate of drug-likeness (QED) is 0.180. The lowest BCUT2D eigenvalue weighted by Gasteiger charge is -2.36. The van der Waals surface area contributed by atoms with E-state index in [1.54, 1.807) is 48.2 Å². The van der Waals surface area contributed by atoms with Crippen LogP contribution in [-0.4, -0.2) is 83.8 Å². The number of unbranched alkanes of at least 4 members (excludes halogenated alkanes) is 1. The van der Waals surface area contributed by atoms with Crippen LogP contribution in [0.15, 0.2) is 49.6 Å². The zero-order valence-electron chi connectivity index (χ0n) is 24.0. The van der Waals surface area contributed by atoms with Crippen LogP contribution in [-0.2, 0) is 28.7 Å². The molecule has 4 rings (SSSR count). The molecule has 3 aliphatic heterocycles. The van der Waals surface area contributed by atoms with E-state index in [-0.39, 0.29) is 44.0 Å². The minimum Gasteiger partial charge on any atom is -0.460 e. The topological polar surface area (TPSA) is 125 Å². The Balaban J connectivity index is 1.59. The highest BCUT2D eigenvalue weighted by atomic mass is 35.5. The van der Waals surface area contributed by atoms with E-state index in [1.165, 1.54) is 4.90 Å². The number of esters is 1. The molecule has 6 atom stereocenters. The highest BCUT2D eigenvalue weighted by Crippen LogP contribution is 2.59. The Bertz CT molecular complexity index is 1190. The zero-order valence-corrected chi connectivity index (χ0v) is 24.8. The molecule has 1 aromatic rings. The minimum absolute atomic E-state index is 0.0435. The Kier molecular flexibility index (Phi) is 10.5. The number of amides is 3. The first-order chi connectivity index (χ1) is 20.2. The number of fused-ring (bicyclic) bond motifs is 1. The number of allylic oxidation sites excluding steroid dienone is 1. The number of aliphatic hydroxyl groups excluding tert-OH is 1. The third kappa shape index (κ3) is 6.26. The van der Waals surface area contributed by atoms with Gasteiger partial charge in [-0.15, -0.1) is 13.2 Å². The SMILES string of the molecule is C=CCCC(=O)NC[C@@H](C)OC(=O)[C@@H]1[C@H]2C(=O)N(CCCCO)[C@H](C(=O)N(CC=C)c3ccc(Cl)cc3)[C@]23CC[C@H]1O3. The largest absolute Gasteiger partial charge is 0.460 e. The van der Waals surface area contributed by atoms with Crippen molar-refractivity contribution in [3.63, 3.8) is 0 Å². The second-order valence-corrected chi connectivity index (χ2v) is 11.5. The second kappa shape index (κ2) is 13.8. The van der Waals surface area contributed by atoms with Gasteiger partial charge < -0.3 is 29.7 Å². The van der Waals surface area contributed by atoms with Gasteiger partial charge in [0, 0.05) is 36.8 Å². The number of anilines is 1. The van der Waals surface area contributed by atoms with Crippen LogP contribution in [0.3, 0.4) is 0 Å². The van der Waals surface area contributed by atoms with Crippen molar-refractivity contribution in [3.8, 4) is 0 Å². The molecule has 228 valence electrons. The minimum atomic E-state index is -1.18. The third-order valence-electron chi connectivity index (χ3n) is 8.31. The number of likely N-dealkylation sites (tertiary alicyclic amines) is 1. The summed E-state index contributed by atoms with van der Waals surface area (Å²) in [6.07, 6.45) is 4.82. The van der Waals surface area contributed by atoms with Gasteiger partial charge in [0.15, 0.2) is 0 Å². The van der Waals surface area contributed by atoms with E-state index >= 15 is 0 Å². The van der Waals surface area contributed by atoms with E-state index in [2.05, 4.69) is 18.5 Å².